The van der Waals surface area contributed by atoms with Crippen LogP contribution in [-0.4, -0.2) is 14.9 Å². The Kier molecular flexibility index (Phi) is 9.58. The first-order chi connectivity index (χ1) is 32.7. The van der Waals surface area contributed by atoms with Gasteiger partial charge in [-0.15, -0.1) is 0 Å². The summed E-state index contributed by atoms with van der Waals surface area (Å²) in [4.78, 5) is 19.3. The summed E-state index contributed by atoms with van der Waals surface area (Å²) in [6.07, 6.45) is 0. The minimum Gasteiger partial charge on any atom is -0.310 e. The number of benzene rings is 10. The zero-order valence-electron chi connectivity index (χ0n) is 35.9. The van der Waals surface area contributed by atoms with Gasteiger partial charge in [-0.05, 0) is 121 Å². The van der Waals surface area contributed by atoms with E-state index in [1.54, 1.807) is 0 Å². The zero-order valence-corrected chi connectivity index (χ0v) is 35.9. The van der Waals surface area contributed by atoms with Crippen LogP contribution >= 0.6 is 0 Å². The molecule has 0 aliphatic heterocycles. The van der Waals surface area contributed by atoms with Gasteiger partial charge in [-0.3, -0.25) is 4.79 Å². The van der Waals surface area contributed by atoms with Crippen LogP contribution in [0.2, 0.25) is 0 Å². The summed E-state index contributed by atoms with van der Waals surface area (Å²) in [7, 11) is 0. The maximum Gasteiger partial charge on any atom is 0.193 e. The van der Waals surface area contributed by atoms with Crippen LogP contribution < -0.4 is 9.80 Å². The molecule has 5 heteroatoms. The number of carbonyl (C=O) groups is 1. The van der Waals surface area contributed by atoms with Crippen molar-refractivity contribution in [3.8, 4) is 11.4 Å². The third-order valence-electron chi connectivity index (χ3n) is 12.6. The van der Waals surface area contributed by atoms with Crippen molar-refractivity contribution in [2.24, 2.45) is 0 Å². The van der Waals surface area contributed by atoms with E-state index in [0.717, 1.165) is 89.1 Å². The van der Waals surface area contributed by atoms with E-state index >= 15 is 0 Å². The first-order valence-electron chi connectivity index (χ1n) is 22.3. The molecule has 12 aromatic rings. The molecule has 0 spiro atoms. The minimum absolute atomic E-state index is 0.0347. The zero-order chi connectivity index (χ0) is 44.0. The van der Waals surface area contributed by atoms with E-state index in [2.05, 4.69) is 213 Å². The highest BCUT2D eigenvalue weighted by molar-refractivity contribution is 6.13. The van der Waals surface area contributed by atoms with Crippen molar-refractivity contribution in [2.45, 2.75) is 0 Å². The molecule has 0 aliphatic rings. The summed E-state index contributed by atoms with van der Waals surface area (Å²) >= 11 is 0. The normalized spacial score (nSPS) is 11.4. The van der Waals surface area contributed by atoms with E-state index in [-0.39, 0.29) is 5.78 Å². The quantitative estimate of drug-likeness (QED) is 0.129. The van der Waals surface area contributed by atoms with Crippen LogP contribution in [0.15, 0.2) is 255 Å². The predicted octanol–water partition coefficient (Wildman–Crippen LogP) is 16.1. The number of ketones is 1. The van der Waals surface area contributed by atoms with Crippen LogP contribution in [-0.2, 0) is 0 Å². The van der Waals surface area contributed by atoms with Crippen molar-refractivity contribution in [3.63, 3.8) is 0 Å². The highest BCUT2D eigenvalue weighted by Gasteiger charge is 2.21. The molecule has 66 heavy (non-hydrogen) atoms. The van der Waals surface area contributed by atoms with Gasteiger partial charge in [0.25, 0.3) is 0 Å². The summed E-state index contributed by atoms with van der Waals surface area (Å²) in [5, 5.41) is 4.56. The lowest BCUT2D eigenvalue weighted by molar-refractivity contribution is 0.103. The van der Waals surface area contributed by atoms with Gasteiger partial charge in [-0.1, -0.05) is 133 Å². The molecular weight excluding hydrogens is 805 g/mol. The molecule has 10 aromatic carbocycles. The Hall–Kier alpha value is -8.93. The maximum atomic E-state index is 14.7. The maximum absolute atomic E-state index is 14.7. The standard InChI is InChI=1S/C61H42N4O/c66-61(43-19-17-29-49(39-43)64-57-33-15-13-31-53(57)55-41-51(35-37-59(55)64)62(45-21-5-1-6-22-45)46-23-7-2-8-24-46)44-20-18-30-50(40-44)65-58-34-16-14-32-54(58)56-42-52(36-38-60(56)65)63(47-25-9-3-10-26-47)48-27-11-4-12-28-48/h1-42H. The first kappa shape index (κ1) is 38.7. The van der Waals surface area contributed by atoms with Gasteiger partial charge in [-0.25, -0.2) is 0 Å². The fourth-order valence-electron chi connectivity index (χ4n) is 9.70. The molecule has 0 saturated carbocycles. The minimum atomic E-state index is -0.0347. The van der Waals surface area contributed by atoms with Gasteiger partial charge in [0, 0.05) is 78.2 Å². The van der Waals surface area contributed by atoms with Crippen molar-refractivity contribution < 1.29 is 4.79 Å². The molecular formula is C61H42N4O. The number of carbonyl (C=O) groups excluding carboxylic acids is 1. The van der Waals surface area contributed by atoms with Crippen molar-refractivity contribution in [1.29, 1.82) is 0 Å². The van der Waals surface area contributed by atoms with E-state index in [0.29, 0.717) is 11.1 Å². The van der Waals surface area contributed by atoms with Crippen LogP contribution in [0, 0.1) is 0 Å². The number of rotatable bonds is 10. The smallest absolute Gasteiger partial charge is 0.193 e. The molecule has 0 N–H and O–H groups in total. The Labute approximate surface area is 382 Å². The lowest BCUT2D eigenvalue weighted by atomic mass is 10.0. The van der Waals surface area contributed by atoms with Crippen LogP contribution in [0.25, 0.3) is 55.0 Å². The second-order valence-electron chi connectivity index (χ2n) is 16.6. The lowest BCUT2D eigenvalue weighted by Gasteiger charge is -2.25. The molecule has 5 nitrogen and oxygen atoms in total. The van der Waals surface area contributed by atoms with Gasteiger partial charge < -0.3 is 18.9 Å². The molecule has 0 aliphatic carbocycles. The fraction of sp³-hybridized carbons (Fsp3) is 0. The number of para-hydroxylation sites is 6. The van der Waals surface area contributed by atoms with Gasteiger partial charge in [0.1, 0.15) is 0 Å². The monoisotopic (exact) mass is 846 g/mol. The van der Waals surface area contributed by atoms with Crippen molar-refractivity contribution in [1.82, 2.24) is 9.13 Å². The van der Waals surface area contributed by atoms with Crippen LogP contribution in [0.1, 0.15) is 15.9 Å². The molecule has 2 heterocycles. The van der Waals surface area contributed by atoms with Crippen molar-refractivity contribution in [2.75, 3.05) is 9.80 Å². The van der Waals surface area contributed by atoms with Gasteiger partial charge >= 0.3 is 0 Å². The Morgan fingerprint density at radius 1 is 0.273 bits per heavy atom. The van der Waals surface area contributed by atoms with E-state index in [9.17, 15) is 4.79 Å². The molecule has 0 radical (unpaired) electrons. The van der Waals surface area contributed by atoms with Gasteiger partial charge in [0.2, 0.25) is 0 Å². The summed E-state index contributed by atoms with van der Waals surface area (Å²) in [6, 6.07) is 88.4. The fourth-order valence-corrected chi connectivity index (χ4v) is 9.70. The Morgan fingerprint density at radius 2 is 0.606 bits per heavy atom. The number of hydrogen-bond acceptors (Lipinski definition) is 3. The van der Waals surface area contributed by atoms with Gasteiger partial charge in [-0.2, -0.15) is 0 Å². The van der Waals surface area contributed by atoms with Gasteiger partial charge in [0.05, 0.1) is 22.1 Å². The summed E-state index contributed by atoms with van der Waals surface area (Å²) in [5.74, 6) is -0.0347. The largest absolute Gasteiger partial charge is 0.310 e. The third kappa shape index (κ3) is 6.70. The van der Waals surface area contributed by atoms with Crippen LogP contribution in [0.4, 0.5) is 34.1 Å². The van der Waals surface area contributed by atoms with Crippen molar-refractivity contribution in [3.05, 3.63) is 266 Å². The Bertz CT molecular complexity index is 3400. The van der Waals surface area contributed by atoms with E-state index in [1.807, 2.05) is 60.7 Å². The third-order valence-corrected chi connectivity index (χ3v) is 12.6. The second kappa shape index (κ2) is 16.3. The highest BCUT2D eigenvalue weighted by atomic mass is 16.1. The number of fused-ring (bicyclic) bond motifs is 6. The molecule has 0 fully saturated rings. The lowest BCUT2D eigenvalue weighted by Crippen LogP contribution is -2.09. The SMILES string of the molecule is O=C(c1cccc(-n2c3ccccc3c3cc(N(c4ccccc4)c4ccccc4)ccc32)c1)c1cccc(-n2c3ccccc3c3cc(N(c4ccccc4)c4ccccc4)ccc32)c1. The molecule has 0 amide bonds. The summed E-state index contributed by atoms with van der Waals surface area (Å²) < 4.78 is 4.56. The van der Waals surface area contributed by atoms with Crippen LogP contribution in [0.5, 0.6) is 0 Å². The number of anilines is 6. The van der Waals surface area contributed by atoms with E-state index < -0.39 is 0 Å². The number of nitrogens with zero attached hydrogens (tertiary/aromatic N) is 4. The summed E-state index contributed by atoms with van der Waals surface area (Å²) in [6.45, 7) is 0. The number of hydrogen-bond donors (Lipinski definition) is 0. The topological polar surface area (TPSA) is 33.4 Å². The Morgan fingerprint density at radius 3 is 0.985 bits per heavy atom. The molecule has 0 saturated heterocycles. The predicted molar refractivity (Wildman–Crippen MR) is 274 cm³/mol. The molecule has 0 atom stereocenters. The first-order valence-corrected chi connectivity index (χ1v) is 22.3. The van der Waals surface area contributed by atoms with Crippen molar-refractivity contribution >= 4 is 83.5 Å². The molecule has 312 valence electrons. The van der Waals surface area contributed by atoms with E-state index in [4.69, 9.17) is 0 Å². The molecule has 0 bridgehead atoms. The van der Waals surface area contributed by atoms with Gasteiger partial charge in [0.15, 0.2) is 5.78 Å². The van der Waals surface area contributed by atoms with E-state index in [1.165, 1.54) is 0 Å². The highest BCUT2D eigenvalue weighted by Crippen LogP contribution is 2.42. The molecule has 12 rings (SSSR count). The number of aromatic nitrogens is 2. The molecule has 2 aromatic heterocycles. The second-order valence-corrected chi connectivity index (χ2v) is 16.6. The summed E-state index contributed by atoms with van der Waals surface area (Å²) in [5.41, 5.74) is 13.9. The Balaban J connectivity index is 0.927. The average molecular weight is 847 g/mol. The molecule has 0 unspecified atom stereocenters. The van der Waals surface area contributed by atoms with Crippen LogP contribution in [0.3, 0.4) is 0 Å². The average Bonchev–Trinajstić information content (AvgIpc) is 3.90.